The number of ether oxygens (including phenoxy) is 1. The number of likely N-dealkylation sites (N-methyl/N-ethyl adjacent to an activating group) is 1. The minimum absolute atomic E-state index is 0.0644. The van der Waals surface area contributed by atoms with Gasteiger partial charge in [-0.3, -0.25) is 14.3 Å². The van der Waals surface area contributed by atoms with E-state index in [9.17, 15) is 9.59 Å². The van der Waals surface area contributed by atoms with Crippen molar-refractivity contribution in [2.24, 2.45) is 7.05 Å². The number of aryl methyl sites for hydroxylation is 1. The Hall–Kier alpha value is -2.11. The number of carbonyl (C=O) groups is 2. The second-order valence-corrected chi connectivity index (χ2v) is 3.48. The van der Waals surface area contributed by atoms with Gasteiger partial charge in [0.05, 0.1) is 12.8 Å². The molecular weight excluding hydrogens is 222 g/mol. The van der Waals surface area contributed by atoms with Crippen LogP contribution in [0.15, 0.2) is 18.3 Å². The summed E-state index contributed by atoms with van der Waals surface area (Å²) in [6.45, 7) is -0.0644. The lowest BCUT2D eigenvalue weighted by molar-refractivity contribution is -0.144. The molecule has 0 aromatic carbocycles. The third-order valence-corrected chi connectivity index (χ3v) is 2.23. The van der Waals surface area contributed by atoms with Crippen LogP contribution in [0.3, 0.4) is 0 Å². The molecule has 0 radical (unpaired) electrons. The van der Waals surface area contributed by atoms with Gasteiger partial charge in [-0.25, -0.2) is 0 Å². The van der Waals surface area contributed by atoms with Crippen molar-refractivity contribution >= 4 is 18.0 Å². The molecule has 0 fully saturated rings. The summed E-state index contributed by atoms with van der Waals surface area (Å²) in [6, 6.07) is 1.78. The average Bonchev–Trinajstić information content (AvgIpc) is 2.71. The highest BCUT2D eigenvalue weighted by molar-refractivity contribution is 5.93. The molecule has 1 aromatic rings. The van der Waals surface area contributed by atoms with E-state index in [0.717, 1.165) is 5.69 Å². The van der Waals surface area contributed by atoms with Crippen LogP contribution in [0.1, 0.15) is 5.69 Å². The van der Waals surface area contributed by atoms with Gasteiger partial charge < -0.3 is 9.64 Å². The average molecular weight is 237 g/mol. The van der Waals surface area contributed by atoms with E-state index in [1.165, 1.54) is 25.1 Å². The summed E-state index contributed by atoms with van der Waals surface area (Å²) in [4.78, 5) is 23.8. The van der Waals surface area contributed by atoms with Gasteiger partial charge in [0.25, 0.3) is 0 Å². The van der Waals surface area contributed by atoms with Crippen molar-refractivity contribution in [2.45, 2.75) is 0 Å². The largest absolute Gasteiger partial charge is 0.468 e. The van der Waals surface area contributed by atoms with Crippen molar-refractivity contribution in [2.75, 3.05) is 20.7 Å². The standard InChI is InChI=1S/C11H15N3O3/c1-13(8-11(16)17-3)10(15)5-4-9-6-7-12-14(9)2/h4-7H,8H2,1-3H3/b5-4+. The fourth-order valence-corrected chi connectivity index (χ4v) is 1.17. The van der Waals surface area contributed by atoms with Crippen molar-refractivity contribution < 1.29 is 14.3 Å². The molecule has 0 aliphatic heterocycles. The van der Waals surface area contributed by atoms with Gasteiger partial charge in [0.2, 0.25) is 5.91 Å². The van der Waals surface area contributed by atoms with Crippen LogP contribution in [0.2, 0.25) is 0 Å². The monoisotopic (exact) mass is 237 g/mol. The van der Waals surface area contributed by atoms with Crippen LogP contribution < -0.4 is 0 Å². The normalized spacial score (nSPS) is 10.5. The molecule has 1 amide bonds. The quantitative estimate of drug-likeness (QED) is 0.549. The number of carbonyl (C=O) groups excluding carboxylic acids is 2. The van der Waals surface area contributed by atoms with Crippen molar-refractivity contribution in [3.05, 3.63) is 24.0 Å². The van der Waals surface area contributed by atoms with Gasteiger partial charge in [0.1, 0.15) is 6.54 Å². The highest BCUT2D eigenvalue weighted by atomic mass is 16.5. The van der Waals surface area contributed by atoms with Crippen LogP contribution in [-0.2, 0) is 21.4 Å². The highest BCUT2D eigenvalue weighted by Gasteiger charge is 2.10. The maximum Gasteiger partial charge on any atom is 0.325 e. The summed E-state index contributed by atoms with van der Waals surface area (Å²) in [5.41, 5.74) is 0.810. The second-order valence-electron chi connectivity index (χ2n) is 3.48. The van der Waals surface area contributed by atoms with Gasteiger partial charge >= 0.3 is 5.97 Å². The predicted octanol–water partition coefficient (Wildman–Crippen LogP) is 0.0647. The van der Waals surface area contributed by atoms with E-state index in [-0.39, 0.29) is 12.5 Å². The molecule has 17 heavy (non-hydrogen) atoms. The lowest BCUT2D eigenvalue weighted by Crippen LogP contribution is -2.31. The number of amides is 1. The Labute approximate surface area is 99.5 Å². The lowest BCUT2D eigenvalue weighted by atomic mass is 10.3. The van der Waals surface area contributed by atoms with Crippen LogP contribution >= 0.6 is 0 Å². The Morgan fingerprint density at radius 1 is 1.59 bits per heavy atom. The number of nitrogens with zero attached hydrogens (tertiary/aromatic N) is 3. The highest BCUT2D eigenvalue weighted by Crippen LogP contribution is 2.00. The first kappa shape index (κ1) is 13.0. The van der Waals surface area contributed by atoms with E-state index in [1.807, 2.05) is 0 Å². The number of hydrogen-bond acceptors (Lipinski definition) is 4. The molecule has 0 saturated carbocycles. The first-order valence-electron chi connectivity index (χ1n) is 5.02. The SMILES string of the molecule is COC(=O)CN(C)C(=O)/C=C/c1ccnn1C. The third-order valence-electron chi connectivity index (χ3n) is 2.23. The molecule has 1 rings (SSSR count). The fourth-order valence-electron chi connectivity index (χ4n) is 1.17. The maximum atomic E-state index is 11.6. The topological polar surface area (TPSA) is 64.4 Å². The van der Waals surface area contributed by atoms with Crippen LogP contribution in [0.4, 0.5) is 0 Å². The number of esters is 1. The van der Waals surface area contributed by atoms with Gasteiger partial charge in [-0.05, 0) is 12.1 Å². The zero-order chi connectivity index (χ0) is 12.8. The molecule has 92 valence electrons. The Balaban J connectivity index is 2.57. The van der Waals surface area contributed by atoms with Crippen molar-refractivity contribution in [1.82, 2.24) is 14.7 Å². The molecule has 1 heterocycles. The van der Waals surface area contributed by atoms with Gasteiger partial charge in [-0.15, -0.1) is 0 Å². The number of hydrogen-bond donors (Lipinski definition) is 0. The zero-order valence-corrected chi connectivity index (χ0v) is 10.1. The Bertz CT molecular complexity index is 437. The molecule has 0 spiro atoms. The van der Waals surface area contributed by atoms with E-state index >= 15 is 0 Å². The van der Waals surface area contributed by atoms with E-state index in [4.69, 9.17) is 0 Å². The van der Waals surface area contributed by atoms with Crippen molar-refractivity contribution in [3.63, 3.8) is 0 Å². The van der Waals surface area contributed by atoms with Crippen molar-refractivity contribution in [3.8, 4) is 0 Å². The lowest BCUT2D eigenvalue weighted by Gasteiger charge is -2.12. The first-order valence-corrected chi connectivity index (χ1v) is 5.02. The minimum atomic E-state index is -0.449. The smallest absolute Gasteiger partial charge is 0.325 e. The number of rotatable bonds is 4. The third kappa shape index (κ3) is 3.75. The molecule has 0 aliphatic rings. The summed E-state index contributed by atoms with van der Waals surface area (Å²) < 4.78 is 6.11. The Morgan fingerprint density at radius 3 is 2.82 bits per heavy atom. The molecule has 6 heteroatoms. The Kier molecular flexibility index (Phi) is 4.45. The van der Waals surface area contributed by atoms with E-state index < -0.39 is 5.97 Å². The molecule has 0 saturated heterocycles. The van der Waals surface area contributed by atoms with Gasteiger partial charge in [0, 0.05) is 26.4 Å². The number of methoxy groups -OCH3 is 1. The predicted molar refractivity (Wildman–Crippen MR) is 61.9 cm³/mol. The zero-order valence-electron chi connectivity index (χ0n) is 10.1. The van der Waals surface area contributed by atoms with E-state index in [2.05, 4.69) is 9.84 Å². The second kappa shape index (κ2) is 5.83. The van der Waals surface area contributed by atoms with Gasteiger partial charge in [-0.2, -0.15) is 5.10 Å². The fraction of sp³-hybridized carbons (Fsp3) is 0.364. The van der Waals surface area contributed by atoms with Crippen LogP contribution in [0.5, 0.6) is 0 Å². The van der Waals surface area contributed by atoms with E-state index in [0.29, 0.717) is 0 Å². The molecule has 6 nitrogen and oxygen atoms in total. The summed E-state index contributed by atoms with van der Waals surface area (Å²) in [5.74, 6) is -0.716. The summed E-state index contributed by atoms with van der Waals surface area (Å²) in [6.07, 6.45) is 4.67. The molecule has 0 aliphatic carbocycles. The molecular formula is C11H15N3O3. The Morgan fingerprint density at radius 2 is 2.29 bits per heavy atom. The summed E-state index contributed by atoms with van der Waals surface area (Å²) >= 11 is 0. The molecule has 1 aromatic heterocycles. The maximum absolute atomic E-state index is 11.6. The summed E-state index contributed by atoms with van der Waals surface area (Å²) in [7, 11) is 4.60. The summed E-state index contributed by atoms with van der Waals surface area (Å²) in [5, 5.41) is 3.97. The van der Waals surface area contributed by atoms with Gasteiger partial charge in [0.15, 0.2) is 0 Å². The van der Waals surface area contributed by atoms with Crippen LogP contribution in [-0.4, -0.2) is 47.3 Å². The molecule has 0 unspecified atom stereocenters. The first-order chi connectivity index (χ1) is 8.04. The van der Waals surface area contributed by atoms with Gasteiger partial charge in [-0.1, -0.05) is 0 Å². The van der Waals surface area contributed by atoms with Crippen LogP contribution in [0, 0.1) is 0 Å². The molecule has 0 atom stereocenters. The van der Waals surface area contributed by atoms with Crippen molar-refractivity contribution in [1.29, 1.82) is 0 Å². The van der Waals surface area contributed by atoms with Crippen LogP contribution in [0.25, 0.3) is 6.08 Å². The van der Waals surface area contributed by atoms with E-state index in [1.54, 1.807) is 30.1 Å². The molecule has 0 bridgehead atoms. The minimum Gasteiger partial charge on any atom is -0.468 e. The molecule has 0 N–H and O–H groups in total. The number of aromatic nitrogens is 2.